The van der Waals surface area contributed by atoms with Gasteiger partial charge in [0.2, 0.25) is 11.8 Å². The molecule has 30 heavy (non-hydrogen) atoms. The standard InChI is InChI=1S/C22H28ClN5O2/c1-24-21(29)8-4-14-28(15-5-9-22(30)25-2)20-12-10-18(11-13-20)26-27-19-7-3-6-17(23)16-19/h3,6-7,10-13,16H,4-5,8-9,14-15H2,1-2H3,(H,24,29)(H,25,30). The van der Waals surface area contributed by atoms with Gasteiger partial charge in [0, 0.05) is 50.7 Å². The molecule has 0 aliphatic rings. The van der Waals surface area contributed by atoms with E-state index in [1.807, 2.05) is 36.4 Å². The highest BCUT2D eigenvalue weighted by Crippen LogP contribution is 2.24. The predicted octanol–water partition coefficient (Wildman–Crippen LogP) is 4.61. The van der Waals surface area contributed by atoms with Crippen molar-refractivity contribution in [1.82, 2.24) is 10.6 Å². The maximum absolute atomic E-state index is 11.5. The number of amides is 2. The highest BCUT2D eigenvalue weighted by Gasteiger charge is 2.09. The van der Waals surface area contributed by atoms with E-state index in [-0.39, 0.29) is 11.8 Å². The van der Waals surface area contributed by atoms with Gasteiger partial charge in [0.25, 0.3) is 0 Å². The molecule has 7 nitrogen and oxygen atoms in total. The van der Waals surface area contributed by atoms with Crippen LogP contribution in [-0.4, -0.2) is 39.0 Å². The van der Waals surface area contributed by atoms with Gasteiger partial charge in [-0.3, -0.25) is 9.59 Å². The van der Waals surface area contributed by atoms with Crippen molar-refractivity contribution >= 4 is 40.5 Å². The Morgan fingerprint density at radius 1 is 0.867 bits per heavy atom. The largest absolute Gasteiger partial charge is 0.372 e. The van der Waals surface area contributed by atoms with E-state index >= 15 is 0 Å². The zero-order valence-electron chi connectivity index (χ0n) is 17.4. The van der Waals surface area contributed by atoms with Crippen LogP contribution in [0.15, 0.2) is 58.8 Å². The molecule has 8 heteroatoms. The maximum Gasteiger partial charge on any atom is 0.219 e. The van der Waals surface area contributed by atoms with Crippen LogP contribution in [0.5, 0.6) is 0 Å². The normalized spacial score (nSPS) is 10.8. The van der Waals surface area contributed by atoms with Crippen molar-refractivity contribution < 1.29 is 9.59 Å². The summed E-state index contributed by atoms with van der Waals surface area (Å²) in [4.78, 5) is 25.2. The summed E-state index contributed by atoms with van der Waals surface area (Å²) in [7, 11) is 3.28. The van der Waals surface area contributed by atoms with Gasteiger partial charge < -0.3 is 15.5 Å². The first-order chi connectivity index (χ1) is 14.5. The van der Waals surface area contributed by atoms with Gasteiger partial charge in [0.05, 0.1) is 11.4 Å². The molecule has 160 valence electrons. The van der Waals surface area contributed by atoms with E-state index in [4.69, 9.17) is 11.6 Å². The number of benzene rings is 2. The van der Waals surface area contributed by atoms with Gasteiger partial charge in [-0.25, -0.2) is 0 Å². The van der Waals surface area contributed by atoms with Crippen molar-refractivity contribution in [3.63, 3.8) is 0 Å². The van der Waals surface area contributed by atoms with E-state index in [1.54, 1.807) is 26.2 Å². The molecule has 0 aliphatic heterocycles. The van der Waals surface area contributed by atoms with Gasteiger partial charge in [0.15, 0.2) is 0 Å². The summed E-state index contributed by atoms with van der Waals surface area (Å²) in [6.07, 6.45) is 2.40. The SMILES string of the molecule is CNC(=O)CCCN(CCCC(=O)NC)c1ccc(N=Nc2cccc(Cl)c2)cc1. The van der Waals surface area contributed by atoms with Crippen LogP contribution >= 0.6 is 11.6 Å². The lowest BCUT2D eigenvalue weighted by Gasteiger charge is -2.25. The molecule has 2 aromatic carbocycles. The zero-order chi connectivity index (χ0) is 21.8. The lowest BCUT2D eigenvalue weighted by atomic mass is 10.2. The van der Waals surface area contributed by atoms with Crippen molar-refractivity contribution in [3.8, 4) is 0 Å². The molecule has 0 radical (unpaired) electrons. The van der Waals surface area contributed by atoms with Gasteiger partial charge in [-0.15, -0.1) is 0 Å². The fourth-order valence-electron chi connectivity index (χ4n) is 2.86. The molecule has 0 bridgehead atoms. The van der Waals surface area contributed by atoms with Gasteiger partial charge in [0.1, 0.15) is 0 Å². The Bertz CT molecular complexity index is 833. The molecule has 0 unspecified atom stereocenters. The van der Waals surface area contributed by atoms with E-state index in [0.717, 1.165) is 37.3 Å². The molecule has 0 atom stereocenters. The fourth-order valence-corrected chi connectivity index (χ4v) is 3.05. The Labute approximate surface area is 182 Å². The average molecular weight is 430 g/mol. The number of nitrogens with zero attached hydrogens (tertiary/aromatic N) is 3. The number of azo groups is 1. The van der Waals surface area contributed by atoms with E-state index in [0.29, 0.717) is 23.6 Å². The highest BCUT2D eigenvalue weighted by molar-refractivity contribution is 6.30. The quantitative estimate of drug-likeness (QED) is 0.511. The summed E-state index contributed by atoms with van der Waals surface area (Å²) in [5.41, 5.74) is 2.44. The molecule has 0 fully saturated rings. The van der Waals surface area contributed by atoms with E-state index in [1.165, 1.54) is 0 Å². The van der Waals surface area contributed by atoms with Crippen LogP contribution in [0.2, 0.25) is 5.02 Å². The van der Waals surface area contributed by atoms with Crippen LogP contribution in [0.1, 0.15) is 25.7 Å². The molecular formula is C22H28ClN5O2. The van der Waals surface area contributed by atoms with Gasteiger partial charge in [-0.2, -0.15) is 10.2 Å². The molecule has 2 aromatic rings. The summed E-state index contributed by atoms with van der Waals surface area (Å²) >= 11 is 5.97. The molecule has 0 saturated carbocycles. The number of carbonyl (C=O) groups is 2. The van der Waals surface area contributed by atoms with E-state index in [9.17, 15) is 9.59 Å². The fraction of sp³-hybridized carbons (Fsp3) is 0.364. The number of carbonyl (C=O) groups excluding carboxylic acids is 2. The summed E-state index contributed by atoms with van der Waals surface area (Å²) in [5, 5.41) is 14.4. The van der Waals surface area contributed by atoms with Crippen molar-refractivity contribution in [2.45, 2.75) is 25.7 Å². The number of halogens is 1. The monoisotopic (exact) mass is 429 g/mol. The number of anilines is 1. The third-order valence-electron chi connectivity index (χ3n) is 4.53. The molecule has 2 amide bonds. The second kappa shape index (κ2) is 12.6. The van der Waals surface area contributed by atoms with Crippen LogP contribution in [0, 0.1) is 0 Å². The first kappa shape index (κ1) is 23.3. The minimum atomic E-state index is 0.0251. The molecular weight excluding hydrogens is 402 g/mol. The molecule has 0 spiro atoms. The van der Waals surface area contributed by atoms with Crippen LogP contribution < -0.4 is 15.5 Å². The summed E-state index contributed by atoms with van der Waals surface area (Å²) in [6, 6.07) is 15.0. The Hall–Kier alpha value is -2.93. The topological polar surface area (TPSA) is 86.2 Å². The number of rotatable bonds is 11. The van der Waals surface area contributed by atoms with Crippen LogP contribution in [0.3, 0.4) is 0 Å². The summed E-state index contributed by atoms with van der Waals surface area (Å²) < 4.78 is 0. The minimum Gasteiger partial charge on any atom is -0.372 e. The van der Waals surface area contributed by atoms with E-state index < -0.39 is 0 Å². The Kier molecular flexibility index (Phi) is 9.80. The molecule has 2 N–H and O–H groups in total. The smallest absolute Gasteiger partial charge is 0.219 e. The molecule has 0 aliphatic carbocycles. The van der Waals surface area contributed by atoms with Crippen LogP contribution in [-0.2, 0) is 9.59 Å². The van der Waals surface area contributed by atoms with Crippen molar-refractivity contribution in [2.24, 2.45) is 10.2 Å². The zero-order valence-corrected chi connectivity index (χ0v) is 18.2. The summed E-state index contributed by atoms with van der Waals surface area (Å²) in [5.74, 6) is 0.0502. The first-order valence-electron chi connectivity index (χ1n) is 9.95. The van der Waals surface area contributed by atoms with Gasteiger partial charge in [-0.05, 0) is 55.3 Å². The Morgan fingerprint density at radius 3 is 1.97 bits per heavy atom. The predicted molar refractivity (Wildman–Crippen MR) is 121 cm³/mol. The first-order valence-corrected chi connectivity index (χ1v) is 10.3. The van der Waals surface area contributed by atoms with Gasteiger partial charge in [-0.1, -0.05) is 17.7 Å². The van der Waals surface area contributed by atoms with Crippen molar-refractivity contribution in [2.75, 3.05) is 32.1 Å². The van der Waals surface area contributed by atoms with Crippen molar-refractivity contribution in [1.29, 1.82) is 0 Å². The minimum absolute atomic E-state index is 0.0251. The third-order valence-corrected chi connectivity index (χ3v) is 4.76. The molecule has 0 aromatic heterocycles. The summed E-state index contributed by atoms with van der Waals surface area (Å²) in [6.45, 7) is 1.45. The number of nitrogens with one attached hydrogen (secondary N) is 2. The number of hydrogen-bond donors (Lipinski definition) is 2. The lowest BCUT2D eigenvalue weighted by Crippen LogP contribution is -2.28. The molecule has 2 rings (SSSR count). The second-order valence-corrected chi connectivity index (χ2v) is 7.17. The molecule has 0 saturated heterocycles. The van der Waals surface area contributed by atoms with Crippen LogP contribution in [0.4, 0.5) is 17.1 Å². The number of hydrogen-bond acceptors (Lipinski definition) is 5. The van der Waals surface area contributed by atoms with Crippen LogP contribution in [0.25, 0.3) is 0 Å². The molecule has 0 heterocycles. The average Bonchev–Trinajstić information content (AvgIpc) is 2.76. The second-order valence-electron chi connectivity index (χ2n) is 6.74. The maximum atomic E-state index is 11.5. The van der Waals surface area contributed by atoms with Crippen molar-refractivity contribution in [3.05, 3.63) is 53.6 Å². The van der Waals surface area contributed by atoms with Gasteiger partial charge >= 0.3 is 0 Å². The Morgan fingerprint density at radius 2 is 1.43 bits per heavy atom. The third kappa shape index (κ3) is 8.21. The highest BCUT2D eigenvalue weighted by atomic mass is 35.5. The lowest BCUT2D eigenvalue weighted by molar-refractivity contribution is -0.121. The van der Waals surface area contributed by atoms with E-state index in [2.05, 4.69) is 25.8 Å². The Balaban J connectivity index is 2.02.